The summed E-state index contributed by atoms with van der Waals surface area (Å²) in [5.74, 6) is -0.912. The molecule has 2 unspecified atom stereocenters. The number of nitrogens with zero attached hydrogens (tertiary/aromatic N) is 1. The maximum atomic E-state index is 10.6. The van der Waals surface area contributed by atoms with Crippen LogP contribution in [0.2, 0.25) is 0 Å². The van der Waals surface area contributed by atoms with Crippen LogP contribution in [0.15, 0.2) is 24.5 Å². The van der Waals surface area contributed by atoms with Gasteiger partial charge in [-0.25, -0.2) is 0 Å². The Balaban J connectivity index is 2.23. The maximum absolute atomic E-state index is 10.6. The van der Waals surface area contributed by atoms with Crippen molar-refractivity contribution in [3.63, 3.8) is 0 Å². The Bertz CT molecular complexity index is 293. The van der Waals surface area contributed by atoms with Gasteiger partial charge in [0.1, 0.15) is 0 Å². The maximum Gasteiger partial charge on any atom is 0.306 e. The SMILES string of the molecule is CC(CCCC(C)n1cccc1)C(=O)O. The van der Waals surface area contributed by atoms with E-state index in [1.807, 2.05) is 24.5 Å². The molecule has 0 fully saturated rings. The number of carbonyl (C=O) groups is 1. The van der Waals surface area contributed by atoms with Gasteiger partial charge in [0.15, 0.2) is 0 Å². The first kappa shape index (κ1) is 11.8. The average molecular weight is 209 g/mol. The highest BCUT2D eigenvalue weighted by Crippen LogP contribution is 2.17. The Labute approximate surface area is 90.7 Å². The third-order valence-corrected chi connectivity index (χ3v) is 2.82. The molecule has 0 aliphatic carbocycles. The summed E-state index contributed by atoms with van der Waals surface area (Å²) in [6, 6.07) is 4.48. The normalized spacial score (nSPS) is 14.8. The first-order valence-electron chi connectivity index (χ1n) is 5.46. The molecule has 0 aromatic carbocycles. The lowest BCUT2D eigenvalue weighted by Gasteiger charge is -2.14. The summed E-state index contributed by atoms with van der Waals surface area (Å²) in [6.45, 7) is 3.92. The van der Waals surface area contributed by atoms with Crippen LogP contribution in [0.25, 0.3) is 0 Å². The highest BCUT2D eigenvalue weighted by Gasteiger charge is 2.11. The van der Waals surface area contributed by atoms with Crippen molar-refractivity contribution in [3.8, 4) is 0 Å². The quantitative estimate of drug-likeness (QED) is 0.782. The topological polar surface area (TPSA) is 42.2 Å². The van der Waals surface area contributed by atoms with E-state index in [0.717, 1.165) is 19.3 Å². The van der Waals surface area contributed by atoms with E-state index >= 15 is 0 Å². The number of hydrogen-bond acceptors (Lipinski definition) is 1. The van der Waals surface area contributed by atoms with E-state index in [1.165, 1.54) is 0 Å². The zero-order valence-electron chi connectivity index (χ0n) is 9.39. The minimum Gasteiger partial charge on any atom is -0.481 e. The van der Waals surface area contributed by atoms with Crippen LogP contribution in [0.4, 0.5) is 0 Å². The van der Waals surface area contributed by atoms with Crippen molar-refractivity contribution in [1.82, 2.24) is 4.57 Å². The molecule has 0 saturated carbocycles. The molecule has 1 N–H and O–H groups in total. The molecule has 2 atom stereocenters. The first-order chi connectivity index (χ1) is 7.11. The zero-order chi connectivity index (χ0) is 11.3. The number of rotatable bonds is 6. The second-order valence-corrected chi connectivity index (χ2v) is 4.15. The Morgan fingerprint density at radius 2 is 1.87 bits per heavy atom. The molecule has 84 valence electrons. The van der Waals surface area contributed by atoms with Crippen LogP contribution in [0.5, 0.6) is 0 Å². The standard InChI is InChI=1S/C12H19NO2/c1-10(12(14)15)6-5-7-11(2)13-8-3-4-9-13/h3-4,8-11H,5-7H2,1-2H3,(H,14,15). The lowest BCUT2D eigenvalue weighted by Crippen LogP contribution is -2.10. The molecule has 3 heteroatoms. The number of aromatic nitrogens is 1. The van der Waals surface area contributed by atoms with Crippen LogP contribution >= 0.6 is 0 Å². The minimum atomic E-state index is -0.691. The molecular formula is C12H19NO2. The van der Waals surface area contributed by atoms with Crippen LogP contribution in [0.3, 0.4) is 0 Å². The van der Waals surface area contributed by atoms with E-state index in [9.17, 15) is 4.79 Å². The molecule has 1 aromatic heterocycles. The summed E-state index contributed by atoms with van der Waals surface area (Å²) in [5, 5.41) is 8.73. The summed E-state index contributed by atoms with van der Waals surface area (Å²) in [7, 11) is 0. The molecule has 0 spiro atoms. The van der Waals surface area contributed by atoms with Gasteiger partial charge < -0.3 is 9.67 Å². The van der Waals surface area contributed by atoms with Crippen molar-refractivity contribution in [1.29, 1.82) is 0 Å². The van der Waals surface area contributed by atoms with Crippen LogP contribution in [-0.4, -0.2) is 15.6 Å². The van der Waals surface area contributed by atoms with Gasteiger partial charge in [0.25, 0.3) is 0 Å². The van der Waals surface area contributed by atoms with Gasteiger partial charge >= 0.3 is 5.97 Å². The van der Waals surface area contributed by atoms with Crippen LogP contribution in [0.1, 0.15) is 39.2 Å². The predicted octanol–water partition coefficient (Wildman–Crippen LogP) is 2.94. The summed E-state index contributed by atoms with van der Waals surface area (Å²) in [4.78, 5) is 10.6. The number of carboxylic acids is 1. The molecule has 15 heavy (non-hydrogen) atoms. The van der Waals surface area contributed by atoms with E-state index < -0.39 is 5.97 Å². The van der Waals surface area contributed by atoms with E-state index in [0.29, 0.717) is 6.04 Å². The Morgan fingerprint density at radius 3 is 2.40 bits per heavy atom. The van der Waals surface area contributed by atoms with Crippen molar-refractivity contribution >= 4 is 5.97 Å². The van der Waals surface area contributed by atoms with Gasteiger partial charge in [-0.05, 0) is 31.9 Å². The Hall–Kier alpha value is -1.25. The molecule has 1 heterocycles. The van der Waals surface area contributed by atoms with Gasteiger partial charge in [-0.3, -0.25) is 4.79 Å². The van der Waals surface area contributed by atoms with Crippen molar-refractivity contribution in [2.45, 2.75) is 39.2 Å². The average Bonchev–Trinajstić information content (AvgIpc) is 2.70. The summed E-state index contributed by atoms with van der Waals surface area (Å²) in [5.41, 5.74) is 0. The van der Waals surface area contributed by atoms with Crippen molar-refractivity contribution in [2.75, 3.05) is 0 Å². The fourth-order valence-corrected chi connectivity index (χ4v) is 1.63. The second-order valence-electron chi connectivity index (χ2n) is 4.15. The highest BCUT2D eigenvalue weighted by atomic mass is 16.4. The van der Waals surface area contributed by atoms with Crippen molar-refractivity contribution in [2.24, 2.45) is 5.92 Å². The van der Waals surface area contributed by atoms with Gasteiger partial charge in [0.05, 0.1) is 5.92 Å². The van der Waals surface area contributed by atoms with E-state index in [4.69, 9.17) is 5.11 Å². The summed E-state index contributed by atoms with van der Waals surface area (Å²) >= 11 is 0. The monoisotopic (exact) mass is 209 g/mol. The van der Waals surface area contributed by atoms with E-state index in [2.05, 4.69) is 11.5 Å². The minimum absolute atomic E-state index is 0.220. The zero-order valence-corrected chi connectivity index (χ0v) is 9.39. The fourth-order valence-electron chi connectivity index (χ4n) is 1.63. The third kappa shape index (κ3) is 3.78. The second kappa shape index (κ2) is 5.59. The molecule has 0 bridgehead atoms. The fraction of sp³-hybridized carbons (Fsp3) is 0.583. The molecule has 3 nitrogen and oxygen atoms in total. The molecule has 0 saturated heterocycles. The number of carboxylic acid groups (broad SMARTS) is 1. The van der Waals surface area contributed by atoms with Gasteiger partial charge in [0, 0.05) is 18.4 Å². The van der Waals surface area contributed by atoms with Gasteiger partial charge in [-0.2, -0.15) is 0 Å². The van der Waals surface area contributed by atoms with Gasteiger partial charge in [-0.1, -0.05) is 13.3 Å². The van der Waals surface area contributed by atoms with Crippen LogP contribution < -0.4 is 0 Å². The molecule has 0 amide bonds. The first-order valence-corrected chi connectivity index (χ1v) is 5.46. The number of aliphatic carboxylic acids is 1. The Kier molecular flexibility index (Phi) is 4.40. The van der Waals surface area contributed by atoms with Crippen LogP contribution in [-0.2, 0) is 4.79 Å². The molecule has 0 aliphatic rings. The molecule has 1 rings (SSSR count). The molecular weight excluding hydrogens is 190 g/mol. The summed E-state index contributed by atoms with van der Waals surface area (Å²) in [6.07, 6.45) is 6.86. The largest absolute Gasteiger partial charge is 0.481 e. The number of hydrogen-bond donors (Lipinski definition) is 1. The highest BCUT2D eigenvalue weighted by molar-refractivity contribution is 5.69. The van der Waals surface area contributed by atoms with Gasteiger partial charge in [0.2, 0.25) is 0 Å². The molecule has 0 radical (unpaired) electrons. The molecule has 1 aromatic rings. The summed E-state index contributed by atoms with van der Waals surface area (Å²) < 4.78 is 2.16. The van der Waals surface area contributed by atoms with E-state index in [-0.39, 0.29) is 5.92 Å². The van der Waals surface area contributed by atoms with E-state index in [1.54, 1.807) is 6.92 Å². The van der Waals surface area contributed by atoms with Gasteiger partial charge in [-0.15, -0.1) is 0 Å². The third-order valence-electron chi connectivity index (χ3n) is 2.82. The lowest BCUT2D eigenvalue weighted by atomic mass is 10.0. The lowest BCUT2D eigenvalue weighted by molar-refractivity contribution is -0.141. The predicted molar refractivity (Wildman–Crippen MR) is 59.8 cm³/mol. The van der Waals surface area contributed by atoms with Crippen molar-refractivity contribution in [3.05, 3.63) is 24.5 Å². The van der Waals surface area contributed by atoms with Crippen LogP contribution in [0, 0.1) is 5.92 Å². The Morgan fingerprint density at radius 1 is 1.27 bits per heavy atom. The molecule has 0 aliphatic heterocycles. The smallest absolute Gasteiger partial charge is 0.306 e. The van der Waals surface area contributed by atoms with Crippen molar-refractivity contribution < 1.29 is 9.90 Å².